The van der Waals surface area contributed by atoms with Gasteiger partial charge in [0.1, 0.15) is 0 Å². The van der Waals surface area contributed by atoms with Gasteiger partial charge in [0.2, 0.25) is 0 Å². The highest BCUT2D eigenvalue weighted by Crippen LogP contribution is 1.67. The van der Waals surface area contributed by atoms with Crippen LogP contribution < -0.4 is 0 Å². The fraction of sp³-hybridized carbons (Fsp3) is 0.750. The molecule has 0 aromatic rings. The molecule has 0 aromatic heterocycles. The van der Waals surface area contributed by atoms with Crippen LogP contribution in [0, 0.1) is 0 Å². The second-order valence-corrected chi connectivity index (χ2v) is 1.28. The van der Waals surface area contributed by atoms with Crippen LogP contribution in [0.25, 0.3) is 0 Å². The fourth-order valence-corrected chi connectivity index (χ4v) is 0. The van der Waals surface area contributed by atoms with E-state index in [1.165, 1.54) is 6.42 Å². The van der Waals surface area contributed by atoms with Crippen molar-refractivity contribution in [2.24, 2.45) is 0 Å². The van der Waals surface area contributed by atoms with Crippen LogP contribution in [0.4, 0.5) is 4.79 Å². The molecular formula is C4H9ClO2. The predicted molar refractivity (Wildman–Crippen MR) is 29.8 cm³/mol. The lowest BCUT2D eigenvalue weighted by atomic mass is 10.6. The van der Waals surface area contributed by atoms with Crippen molar-refractivity contribution in [3.8, 4) is 0 Å². The molecule has 0 aliphatic carbocycles. The van der Waals surface area contributed by atoms with Crippen molar-refractivity contribution in [2.45, 2.75) is 20.3 Å². The predicted octanol–water partition coefficient (Wildman–Crippen LogP) is 2.32. The highest BCUT2D eigenvalue weighted by Gasteiger charge is 1.71. The number of carbonyl (C=O) groups is 1. The summed E-state index contributed by atoms with van der Waals surface area (Å²) in [4.78, 5) is 8.77. The zero-order valence-corrected chi connectivity index (χ0v) is 5.20. The summed E-state index contributed by atoms with van der Waals surface area (Å²) in [5.41, 5.74) is -1.36. The van der Waals surface area contributed by atoms with Crippen molar-refractivity contribution in [1.82, 2.24) is 0 Å². The summed E-state index contributed by atoms with van der Waals surface area (Å²) in [5, 5.41) is 7.18. The molecule has 44 valence electrons. The van der Waals surface area contributed by atoms with Gasteiger partial charge in [-0.3, -0.25) is 0 Å². The highest BCUT2D eigenvalue weighted by molar-refractivity contribution is 6.60. The SMILES string of the molecule is CCC.O=C(O)Cl. The number of hydrogen-bond acceptors (Lipinski definition) is 1. The van der Waals surface area contributed by atoms with E-state index in [1.807, 2.05) is 0 Å². The fourth-order valence-electron chi connectivity index (χ4n) is 0. The molecule has 0 radical (unpaired) electrons. The quantitative estimate of drug-likeness (QED) is 0.503. The molecule has 0 atom stereocenters. The van der Waals surface area contributed by atoms with Gasteiger partial charge in [0.05, 0.1) is 0 Å². The van der Waals surface area contributed by atoms with Crippen LogP contribution in [0.2, 0.25) is 0 Å². The summed E-state index contributed by atoms with van der Waals surface area (Å²) < 4.78 is 0. The van der Waals surface area contributed by atoms with E-state index >= 15 is 0 Å². The summed E-state index contributed by atoms with van der Waals surface area (Å²) in [5.74, 6) is 0. The summed E-state index contributed by atoms with van der Waals surface area (Å²) in [7, 11) is 0. The van der Waals surface area contributed by atoms with E-state index < -0.39 is 5.43 Å². The maximum atomic E-state index is 8.77. The Balaban J connectivity index is 0. The van der Waals surface area contributed by atoms with Gasteiger partial charge in [-0.1, -0.05) is 20.3 Å². The minimum Gasteiger partial charge on any atom is -0.469 e. The first-order valence-electron chi connectivity index (χ1n) is 2.03. The van der Waals surface area contributed by atoms with Crippen LogP contribution in [-0.4, -0.2) is 10.5 Å². The molecule has 0 aliphatic rings. The molecule has 0 aromatic carbocycles. The smallest absolute Gasteiger partial charge is 0.401 e. The normalized spacial score (nSPS) is 6.14. The van der Waals surface area contributed by atoms with Gasteiger partial charge in [0.25, 0.3) is 0 Å². The Morgan fingerprint density at radius 2 is 1.71 bits per heavy atom. The third kappa shape index (κ3) is 1410. The van der Waals surface area contributed by atoms with E-state index in [4.69, 9.17) is 9.90 Å². The van der Waals surface area contributed by atoms with E-state index in [9.17, 15) is 0 Å². The molecule has 0 aliphatic heterocycles. The molecule has 7 heavy (non-hydrogen) atoms. The first kappa shape index (κ1) is 9.90. The topological polar surface area (TPSA) is 37.3 Å². The average molecular weight is 125 g/mol. The minimum absolute atomic E-state index is 1.25. The molecule has 0 saturated heterocycles. The Kier molecular flexibility index (Phi) is 13.1. The lowest BCUT2D eigenvalue weighted by molar-refractivity contribution is 0.220. The lowest BCUT2D eigenvalue weighted by Gasteiger charge is -1.55. The molecular weight excluding hydrogens is 115 g/mol. The molecule has 0 bridgehead atoms. The molecule has 0 fully saturated rings. The van der Waals surface area contributed by atoms with Gasteiger partial charge in [-0.15, -0.1) is 0 Å². The van der Waals surface area contributed by atoms with Crippen molar-refractivity contribution < 1.29 is 9.90 Å². The second-order valence-electron chi connectivity index (χ2n) is 0.960. The second kappa shape index (κ2) is 9.23. The molecule has 1 N–H and O–H groups in total. The maximum Gasteiger partial charge on any atom is 0.401 e. The van der Waals surface area contributed by atoms with Gasteiger partial charge in [0.15, 0.2) is 0 Å². The van der Waals surface area contributed by atoms with E-state index in [0.29, 0.717) is 0 Å². The number of hydrogen-bond donors (Lipinski definition) is 1. The molecule has 0 saturated carbocycles. The summed E-state index contributed by atoms with van der Waals surface area (Å²) in [6.45, 7) is 4.25. The van der Waals surface area contributed by atoms with E-state index in [0.717, 1.165) is 0 Å². The Morgan fingerprint density at radius 1 is 1.71 bits per heavy atom. The van der Waals surface area contributed by atoms with Crippen molar-refractivity contribution in [3.63, 3.8) is 0 Å². The largest absolute Gasteiger partial charge is 0.469 e. The van der Waals surface area contributed by atoms with Crippen LogP contribution in [0.3, 0.4) is 0 Å². The molecule has 0 spiro atoms. The van der Waals surface area contributed by atoms with Gasteiger partial charge < -0.3 is 5.11 Å². The Bertz CT molecular complexity index is 41.0. The molecule has 2 nitrogen and oxygen atoms in total. The standard InChI is InChI=1S/C3H8.CHClO2/c1-3-2;2-1(3)4/h3H2,1-2H3;(H,3,4). The molecule has 0 amide bonds. The van der Waals surface area contributed by atoms with Crippen molar-refractivity contribution in [1.29, 1.82) is 0 Å². The van der Waals surface area contributed by atoms with Gasteiger partial charge in [-0.05, 0) is 0 Å². The van der Waals surface area contributed by atoms with Crippen LogP contribution in [-0.2, 0) is 0 Å². The van der Waals surface area contributed by atoms with Crippen LogP contribution in [0.5, 0.6) is 0 Å². The first-order valence-corrected chi connectivity index (χ1v) is 2.41. The minimum atomic E-state index is -1.36. The molecule has 3 heteroatoms. The van der Waals surface area contributed by atoms with Crippen molar-refractivity contribution in [3.05, 3.63) is 0 Å². The third-order valence-corrected chi connectivity index (χ3v) is 0. The number of rotatable bonds is 0. The van der Waals surface area contributed by atoms with Crippen molar-refractivity contribution >= 4 is 17.0 Å². The van der Waals surface area contributed by atoms with E-state index in [2.05, 4.69) is 25.4 Å². The number of carboxylic acid groups (broad SMARTS) is 1. The van der Waals surface area contributed by atoms with Gasteiger partial charge in [-0.2, -0.15) is 0 Å². The Labute approximate surface area is 48.1 Å². The van der Waals surface area contributed by atoms with Crippen molar-refractivity contribution in [2.75, 3.05) is 0 Å². The van der Waals surface area contributed by atoms with E-state index in [1.54, 1.807) is 0 Å². The Morgan fingerprint density at radius 3 is 1.71 bits per heavy atom. The van der Waals surface area contributed by atoms with Crippen LogP contribution >= 0.6 is 11.6 Å². The monoisotopic (exact) mass is 124 g/mol. The highest BCUT2D eigenvalue weighted by atomic mass is 35.5. The van der Waals surface area contributed by atoms with E-state index in [-0.39, 0.29) is 0 Å². The third-order valence-electron chi connectivity index (χ3n) is 0. The Hall–Kier alpha value is -0.240. The molecule has 0 unspecified atom stereocenters. The van der Waals surface area contributed by atoms with Crippen LogP contribution in [0.15, 0.2) is 0 Å². The summed E-state index contributed by atoms with van der Waals surface area (Å²) >= 11 is 4.19. The van der Waals surface area contributed by atoms with Crippen LogP contribution in [0.1, 0.15) is 20.3 Å². The van der Waals surface area contributed by atoms with Gasteiger partial charge >= 0.3 is 5.43 Å². The average Bonchev–Trinajstić information content (AvgIpc) is 1.33. The summed E-state index contributed by atoms with van der Waals surface area (Å²) in [6, 6.07) is 0. The zero-order valence-electron chi connectivity index (χ0n) is 4.44. The van der Waals surface area contributed by atoms with Gasteiger partial charge in [0, 0.05) is 11.6 Å². The lowest BCUT2D eigenvalue weighted by Crippen LogP contribution is -1.66. The van der Waals surface area contributed by atoms with Gasteiger partial charge in [-0.25, -0.2) is 4.79 Å². The summed E-state index contributed by atoms with van der Waals surface area (Å²) in [6.07, 6.45) is 1.25. The molecule has 0 heterocycles. The number of halogens is 1. The first-order chi connectivity index (χ1) is 3.15. The zero-order chi connectivity index (χ0) is 6.28. The maximum absolute atomic E-state index is 8.77. The molecule has 0 rings (SSSR count).